The van der Waals surface area contributed by atoms with Gasteiger partial charge < -0.3 is 14.7 Å². The number of aliphatic hydroxyl groups excluding tert-OH is 1. The summed E-state index contributed by atoms with van der Waals surface area (Å²) in [5.74, 6) is 0.538. The Hall–Kier alpha value is -2.33. The van der Waals surface area contributed by atoms with E-state index in [0.717, 1.165) is 40.8 Å². The maximum Gasteiger partial charge on any atom is 0.225 e. The van der Waals surface area contributed by atoms with Crippen molar-refractivity contribution in [3.63, 3.8) is 0 Å². The van der Waals surface area contributed by atoms with Crippen LogP contribution in [0.15, 0.2) is 36.4 Å². The van der Waals surface area contributed by atoms with Gasteiger partial charge in [0.25, 0.3) is 0 Å². The van der Waals surface area contributed by atoms with E-state index in [-0.39, 0.29) is 17.7 Å². The number of fused-ring (bicyclic) bond motifs is 1. The number of carbonyl (C=O) groups is 1. The Bertz CT molecular complexity index is 847. The van der Waals surface area contributed by atoms with Crippen molar-refractivity contribution >= 4 is 5.91 Å². The van der Waals surface area contributed by atoms with Gasteiger partial charge in [-0.3, -0.25) is 4.79 Å². The highest BCUT2D eigenvalue weighted by Crippen LogP contribution is 2.44. The lowest BCUT2D eigenvalue weighted by atomic mass is 9.72. The second kappa shape index (κ2) is 8.36. The van der Waals surface area contributed by atoms with Crippen LogP contribution in [0.4, 0.5) is 0 Å². The smallest absolute Gasteiger partial charge is 0.225 e. The molecule has 1 aliphatic carbocycles. The predicted octanol–water partition coefficient (Wildman–Crippen LogP) is 4.20. The maximum absolute atomic E-state index is 13.1. The van der Waals surface area contributed by atoms with Gasteiger partial charge in [0.15, 0.2) is 0 Å². The van der Waals surface area contributed by atoms with Gasteiger partial charge >= 0.3 is 0 Å². The molecule has 0 aromatic heterocycles. The molecule has 2 aromatic carbocycles. The number of nitrogens with zero attached hydrogens (tertiary/aromatic N) is 1. The van der Waals surface area contributed by atoms with Gasteiger partial charge in [-0.1, -0.05) is 37.3 Å². The summed E-state index contributed by atoms with van der Waals surface area (Å²) >= 11 is 0. The summed E-state index contributed by atoms with van der Waals surface area (Å²) in [6.07, 6.45) is 1.04. The van der Waals surface area contributed by atoms with Crippen molar-refractivity contribution in [2.75, 3.05) is 14.2 Å². The van der Waals surface area contributed by atoms with Gasteiger partial charge in [0.2, 0.25) is 5.91 Å². The highest BCUT2D eigenvalue weighted by Gasteiger charge is 2.38. The summed E-state index contributed by atoms with van der Waals surface area (Å²) in [7, 11) is 3.50. The molecule has 4 nitrogen and oxygen atoms in total. The topological polar surface area (TPSA) is 49.8 Å². The lowest BCUT2D eigenvalue weighted by molar-refractivity contribution is -0.138. The van der Waals surface area contributed by atoms with Gasteiger partial charge in [0, 0.05) is 25.4 Å². The molecule has 1 aliphatic rings. The molecule has 0 bridgehead atoms. The lowest BCUT2D eigenvalue weighted by Gasteiger charge is -2.37. The molecule has 0 radical (unpaired) electrons. The Balaban J connectivity index is 1.81. The van der Waals surface area contributed by atoms with E-state index in [0.29, 0.717) is 6.54 Å². The van der Waals surface area contributed by atoms with Crippen LogP contribution in [0.3, 0.4) is 0 Å². The number of amides is 1. The first-order valence-electron chi connectivity index (χ1n) is 9.99. The summed E-state index contributed by atoms with van der Waals surface area (Å²) in [5, 5.41) is 11.2. The second-order valence-corrected chi connectivity index (χ2v) is 8.03. The number of hydrogen-bond donors (Lipinski definition) is 1. The first-order chi connectivity index (χ1) is 13.3. The van der Waals surface area contributed by atoms with Crippen LogP contribution in [0, 0.1) is 25.7 Å². The predicted molar refractivity (Wildman–Crippen MR) is 111 cm³/mol. The Morgan fingerprint density at radius 3 is 2.61 bits per heavy atom. The monoisotopic (exact) mass is 381 g/mol. The van der Waals surface area contributed by atoms with Crippen molar-refractivity contribution in [2.24, 2.45) is 11.8 Å². The minimum atomic E-state index is -0.651. The number of benzene rings is 2. The molecule has 1 amide bonds. The highest BCUT2D eigenvalue weighted by atomic mass is 16.5. The van der Waals surface area contributed by atoms with Gasteiger partial charge in [0.1, 0.15) is 5.75 Å². The Labute approximate surface area is 168 Å². The lowest BCUT2D eigenvalue weighted by Crippen LogP contribution is -2.38. The fourth-order valence-corrected chi connectivity index (χ4v) is 4.58. The van der Waals surface area contributed by atoms with E-state index < -0.39 is 6.10 Å². The number of aliphatic hydroxyl groups is 1. The van der Waals surface area contributed by atoms with Crippen LogP contribution < -0.4 is 4.74 Å². The van der Waals surface area contributed by atoms with E-state index in [1.165, 1.54) is 5.56 Å². The molecule has 0 saturated heterocycles. The normalized spacial score (nSPS) is 19.6. The number of methoxy groups -OCH3 is 1. The number of carbonyl (C=O) groups excluding carboxylic acids is 1. The molecule has 1 N–H and O–H groups in total. The largest absolute Gasteiger partial charge is 0.496 e. The van der Waals surface area contributed by atoms with Gasteiger partial charge in [-0.25, -0.2) is 0 Å². The van der Waals surface area contributed by atoms with Crippen molar-refractivity contribution in [3.05, 3.63) is 64.2 Å². The molecule has 3 rings (SSSR count). The Morgan fingerprint density at radius 1 is 1.29 bits per heavy atom. The molecular formula is C24H31NO3. The summed E-state index contributed by atoms with van der Waals surface area (Å²) in [5.41, 5.74) is 5.40. The zero-order valence-electron chi connectivity index (χ0n) is 17.5. The highest BCUT2D eigenvalue weighted by molar-refractivity contribution is 5.78. The minimum absolute atomic E-state index is 0.0774. The number of ether oxygens (including phenoxy) is 1. The minimum Gasteiger partial charge on any atom is -0.496 e. The van der Waals surface area contributed by atoms with Crippen LogP contribution >= 0.6 is 0 Å². The summed E-state index contributed by atoms with van der Waals surface area (Å²) in [4.78, 5) is 14.8. The molecule has 2 aromatic rings. The molecule has 150 valence electrons. The SMILES string of the molecule is COc1cc(C)c2c(c1C)[C@H](O)[C@@H]([C@H](C)C(=O)N(C)Cc1ccccc1)CC2. The van der Waals surface area contributed by atoms with Crippen LogP contribution in [0.5, 0.6) is 5.75 Å². The van der Waals surface area contributed by atoms with E-state index >= 15 is 0 Å². The summed E-state index contributed by atoms with van der Waals surface area (Å²) in [6, 6.07) is 12.0. The third kappa shape index (κ3) is 3.79. The van der Waals surface area contributed by atoms with Crippen molar-refractivity contribution in [1.82, 2.24) is 4.90 Å². The van der Waals surface area contributed by atoms with Crippen LogP contribution in [0.1, 0.15) is 47.3 Å². The molecular weight excluding hydrogens is 350 g/mol. The first-order valence-corrected chi connectivity index (χ1v) is 9.99. The molecule has 0 saturated carbocycles. The van der Waals surface area contributed by atoms with E-state index in [1.54, 1.807) is 12.0 Å². The fraction of sp³-hybridized carbons (Fsp3) is 0.458. The van der Waals surface area contributed by atoms with Gasteiger partial charge in [-0.05, 0) is 60.6 Å². The van der Waals surface area contributed by atoms with Gasteiger partial charge in [0.05, 0.1) is 13.2 Å². The molecule has 0 heterocycles. The second-order valence-electron chi connectivity index (χ2n) is 8.03. The zero-order valence-corrected chi connectivity index (χ0v) is 17.5. The van der Waals surface area contributed by atoms with Crippen LogP contribution in [-0.2, 0) is 17.8 Å². The molecule has 4 heteroatoms. The quantitative estimate of drug-likeness (QED) is 0.844. The molecule has 0 fully saturated rings. The van der Waals surface area contributed by atoms with Gasteiger partial charge in [-0.15, -0.1) is 0 Å². The van der Waals surface area contributed by atoms with E-state index in [4.69, 9.17) is 4.74 Å². The third-order valence-corrected chi connectivity index (χ3v) is 6.24. The fourth-order valence-electron chi connectivity index (χ4n) is 4.58. The van der Waals surface area contributed by atoms with Crippen molar-refractivity contribution in [3.8, 4) is 5.75 Å². The zero-order chi connectivity index (χ0) is 20.4. The Morgan fingerprint density at radius 2 is 1.96 bits per heavy atom. The standard InChI is InChI=1S/C24H31NO3/c1-15-13-21(28-5)17(3)22-19(15)11-12-20(23(22)26)16(2)24(27)25(4)14-18-9-7-6-8-10-18/h6-10,13,16,20,23,26H,11-12,14H2,1-5H3/t16-,20+,23+/m0/s1. The number of hydrogen-bond acceptors (Lipinski definition) is 3. The molecule has 0 spiro atoms. The van der Waals surface area contributed by atoms with Crippen molar-refractivity contribution < 1.29 is 14.6 Å². The number of aryl methyl sites for hydroxylation is 1. The molecule has 0 unspecified atom stereocenters. The van der Waals surface area contributed by atoms with Crippen LogP contribution in [0.25, 0.3) is 0 Å². The summed E-state index contributed by atoms with van der Waals surface area (Å²) in [6.45, 7) is 6.59. The maximum atomic E-state index is 13.1. The number of rotatable bonds is 5. The third-order valence-electron chi connectivity index (χ3n) is 6.24. The van der Waals surface area contributed by atoms with Gasteiger partial charge in [-0.2, -0.15) is 0 Å². The van der Waals surface area contributed by atoms with E-state index in [1.807, 2.05) is 57.3 Å². The molecule has 0 aliphatic heterocycles. The van der Waals surface area contributed by atoms with E-state index in [2.05, 4.69) is 6.92 Å². The van der Waals surface area contributed by atoms with Crippen molar-refractivity contribution in [2.45, 2.75) is 46.3 Å². The molecule has 3 atom stereocenters. The average Bonchev–Trinajstić information content (AvgIpc) is 2.70. The Kier molecular flexibility index (Phi) is 6.09. The molecule has 28 heavy (non-hydrogen) atoms. The summed E-state index contributed by atoms with van der Waals surface area (Å²) < 4.78 is 5.50. The van der Waals surface area contributed by atoms with E-state index in [9.17, 15) is 9.90 Å². The van der Waals surface area contributed by atoms with Crippen LogP contribution in [-0.4, -0.2) is 30.1 Å². The van der Waals surface area contributed by atoms with Crippen LogP contribution in [0.2, 0.25) is 0 Å². The first kappa shape index (κ1) is 20.4. The average molecular weight is 382 g/mol. The van der Waals surface area contributed by atoms with Crippen molar-refractivity contribution in [1.29, 1.82) is 0 Å².